The summed E-state index contributed by atoms with van der Waals surface area (Å²) in [7, 11) is 0. The molecule has 27 heavy (non-hydrogen) atoms. The monoisotopic (exact) mass is 380 g/mol. The van der Waals surface area contributed by atoms with E-state index in [0.29, 0.717) is 5.92 Å². The SMILES string of the molecule is CC(C)c1nnc2n1CC(NC1CCc3ccc(OC(F)(F)F)cc31)CC2. The van der Waals surface area contributed by atoms with E-state index in [2.05, 4.69) is 38.7 Å². The molecular weight excluding hydrogens is 357 g/mol. The zero-order valence-electron chi connectivity index (χ0n) is 15.4. The van der Waals surface area contributed by atoms with E-state index in [4.69, 9.17) is 0 Å². The first-order valence-corrected chi connectivity index (χ1v) is 9.37. The van der Waals surface area contributed by atoms with Gasteiger partial charge in [-0.3, -0.25) is 0 Å². The van der Waals surface area contributed by atoms with Gasteiger partial charge in [0.1, 0.15) is 17.4 Å². The topological polar surface area (TPSA) is 52.0 Å². The van der Waals surface area contributed by atoms with Gasteiger partial charge < -0.3 is 14.6 Å². The average Bonchev–Trinajstić information content (AvgIpc) is 3.17. The Hall–Kier alpha value is -2.09. The first kappa shape index (κ1) is 18.3. The largest absolute Gasteiger partial charge is 0.573 e. The van der Waals surface area contributed by atoms with Crippen molar-refractivity contribution in [2.45, 2.75) is 70.4 Å². The molecule has 146 valence electrons. The van der Waals surface area contributed by atoms with Gasteiger partial charge >= 0.3 is 6.36 Å². The van der Waals surface area contributed by atoms with Gasteiger partial charge in [-0.2, -0.15) is 0 Å². The Kier molecular flexibility index (Phi) is 4.61. The fourth-order valence-electron chi connectivity index (χ4n) is 4.15. The minimum Gasteiger partial charge on any atom is -0.406 e. The number of hydrogen-bond donors (Lipinski definition) is 1. The second-order valence-corrected chi connectivity index (χ2v) is 7.64. The van der Waals surface area contributed by atoms with Crippen LogP contribution in [0.15, 0.2) is 18.2 Å². The number of aromatic nitrogens is 3. The summed E-state index contributed by atoms with van der Waals surface area (Å²) in [6, 6.07) is 4.96. The molecule has 1 aromatic heterocycles. The van der Waals surface area contributed by atoms with Crippen LogP contribution in [0, 0.1) is 0 Å². The molecule has 0 bridgehead atoms. The molecule has 2 unspecified atom stereocenters. The van der Waals surface area contributed by atoms with Crippen molar-refractivity contribution < 1.29 is 17.9 Å². The molecule has 0 spiro atoms. The summed E-state index contributed by atoms with van der Waals surface area (Å²) in [6.45, 7) is 4.99. The number of nitrogens with zero attached hydrogens (tertiary/aromatic N) is 3. The maximum absolute atomic E-state index is 12.5. The van der Waals surface area contributed by atoms with E-state index >= 15 is 0 Å². The number of benzene rings is 1. The van der Waals surface area contributed by atoms with Crippen LogP contribution < -0.4 is 10.1 Å². The molecule has 1 N–H and O–H groups in total. The summed E-state index contributed by atoms with van der Waals surface area (Å²) in [5, 5.41) is 12.2. The molecule has 1 aliphatic carbocycles. The molecule has 1 aromatic carbocycles. The van der Waals surface area contributed by atoms with Crippen molar-refractivity contribution >= 4 is 0 Å². The lowest BCUT2D eigenvalue weighted by atomic mass is 10.0. The maximum atomic E-state index is 12.5. The third-order valence-corrected chi connectivity index (χ3v) is 5.36. The normalized spacial score (nSPS) is 22.0. The summed E-state index contributed by atoms with van der Waals surface area (Å²) < 4.78 is 43.9. The lowest BCUT2D eigenvalue weighted by Crippen LogP contribution is -2.39. The van der Waals surface area contributed by atoms with E-state index in [-0.39, 0.29) is 17.8 Å². The van der Waals surface area contributed by atoms with Crippen LogP contribution in [0.1, 0.15) is 61.4 Å². The minimum absolute atomic E-state index is 0.0438. The number of nitrogens with one attached hydrogen (secondary N) is 1. The second-order valence-electron chi connectivity index (χ2n) is 7.64. The minimum atomic E-state index is -4.67. The van der Waals surface area contributed by atoms with Crippen molar-refractivity contribution in [3.63, 3.8) is 0 Å². The van der Waals surface area contributed by atoms with E-state index in [1.54, 1.807) is 6.07 Å². The van der Waals surface area contributed by atoms with Gasteiger partial charge in [0, 0.05) is 31.0 Å². The summed E-state index contributed by atoms with van der Waals surface area (Å²) in [5.74, 6) is 2.16. The summed E-state index contributed by atoms with van der Waals surface area (Å²) >= 11 is 0. The Balaban J connectivity index is 1.49. The average molecular weight is 380 g/mol. The second kappa shape index (κ2) is 6.82. The van der Waals surface area contributed by atoms with Gasteiger partial charge in [0.25, 0.3) is 0 Å². The van der Waals surface area contributed by atoms with E-state index in [1.807, 2.05) is 0 Å². The highest BCUT2D eigenvalue weighted by Crippen LogP contribution is 2.36. The Bertz CT molecular complexity index is 831. The molecule has 2 heterocycles. The third-order valence-electron chi connectivity index (χ3n) is 5.36. The zero-order chi connectivity index (χ0) is 19.2. The van der Waals surface area contributed by atoms with E-state index in [1.165, 1.54) is 12.1 Å². The van der Waals surface area contributed by atoms with Crippen molar-refractivity contribution in [1.82, 2.24) is 20.1 Å². The smallest absolute Gasteiger partial charge is 0.406 e. The van der Waals surface area contributed by atoms with Crippen LogP contribution in [0.4, 0.5) is 13.2 Å². The molecule has 2 aromatic rings. The van der Waals surface area contributed by atoms with Gasteiger partial charge in [-0.15, -0.1) is 23.4 Å². The number of rotatable bonds is 4. The van der Waals surface area contributed by atoms with E-state index in [0.717, 1.165) is 55.0 Å². The Morgan fingerprint density at radius 1 is 1.19 bits per heavy atom. The van der Waals surface area contributed by atoms with Crippen molar-refractivity contribution in [3.05, 3.63) is 41.0 Å². The van der Waals surface area contributed by atoms with Crippen LogP contribution >= 0.6 is 0 Å². The number of ether oxygens (including phenoxy) is 1. The molecule has 5 nitrogen and oxygen atoms in total. The molecule has 0 amide bonds. The van der Waals surface area contributed by atoms with Crippen LogP contribution in [0.3, 0.4) is 0 Å². The molecule has 2 aliphatic rings. The molecule has 8 heteroatoms. The third kappa shape index (κ3) is 3.81. The van der Waals surface area contributed by atoms with E-state index in [9.17, 15) is 13.2 Å². The first-order valence-electron chi connectivity index (χ1n) is 9.37. The molecule has 0 saturated heterocycles. The molecule has 2 atom stereocenters. The predicted molar refractivity (Wildman–Crippen MR) is 93.5 cm³/mol. The molecule has 0 saturated carbocycles. The standard InChI is InChI=1S/C19H23F3N4O/c1-11(2)18-25-24-17-8-5-13(10-26(17)18)23-16-7-4-12-3-6-14(9-15(12)16)27-19(20,21)22/h3,6,9,11,13,16,23H,4-5,7-8,10H2,1-2H3. The van der Waals surface area contributed by atoms with Crippen molar-refractivity contribution in [2.24, 2.45) is 0 Å². The molecule has 0 radical (unpaired) electrons. The highest BCUT2D eigenvalue weighted by molar-refractivity contribution is 5.41. The van der Waals surface area contributed by atoms with Gasteiger partial charge in [0.2, 0.25) is 0 Å². The van der Waals surface area contributed by atoms with Crippen molar-refractivity contribution in [1.29, 1.82) is 0 Å². The fourth-order valence-corrected chi connectivity index (χ4v) is 4.15. The molecular formula is C19H23F3N4O. The van der Waals surface area contributed by atoms with Crippen molar-refractivity contribution in [3.8, 4) is 5.75 Å². The van der Waals surface area contributed by atoms with Crippen molar-refractivity contribution in [2.75, 3.05) is 0 Å². The number of alkyl halides is 3. The highest BCUT2D eigenvalue weighted by atomic mass is 19.4. The number of hydrogen-bond acceptors (Lipinski definition) is 4. The molecule has 1 aliphatic heterocycles. The van der Waals surface area contributed by atoms with Gasteiger partial charge in [-0.05, 0) is 42.5 Å². The van der Waals surface area contributed by atoms with Crippen LogP contribution in [0.2, 0.25) is 0 Å². The fraction of sp³-hybridized carbons (Fsp3) is 0.579. The lowest BCUT2D eigenvalue weighted by Gasteiger charge is -2.29. The summed E-state index contributed by atoms with van der Waals surface area (Å²) in [4.78, 5) is 0. The number of halogens is 3. The van der Waals surface area contributed by atoms with Gasteiger partial charge in [0.15, 0.2) is 0 Å². The quantitative estimate of drug-likeness (QED) is 0.874. The Morgan fingerprint density at radius 3 is 2.74 bits per heavy atom. The van der Waals surface area contributed by atoms with Crippen LogP contribution in [-0.2, 0) is 19.4 Å². The molecule has 0 fully saturated rings. The summed E-state index contributed by atoms with van der Waals surface area (Å²) in [6.07, 6.45) is -1.12. The van der Waals surface area contributed by atoms with E-state index < -0.39 is 6.36 Å². The Labute approximate surface area is 155 Å². The lowest BCUT2D eigenvalue weighted by molar-refractivity contribution is -0.274. The van der Waals surface area contributed by atoms with Gasteiger partial charge in [-0.1, -0.05) is 19.9 Å². The Morgan fingerprint density at radius 2 is 2.00 bits per heavy atom. The van der Waals surface area contributed by atoms with Gasteiger partial charge in [0.05, 0.1) is 0 Å². The van der Waals surface area contributed by atoms with Crippen LogP contribution in [0.5, 0.6) is 5.75 Å². The number of fused-ring (bicyclic) bond motifs is 2. The first-order chi connectivity index (χ1) is 12.8. The maximum Gasteiger partial charge on any atom is 0.573 e. The van der Waals surface area contributed by atoms with Crippen LogP contribution in [0.25, 0.3) is 0 Å². The summed E-state index contributed by atoms with van der Waals surface area (Å²) in [5.41, 5.74) is 2.00. The predicted octanol–water partition coefficient (Wildman–Crippen LogP) is 3.89. The van der Waals surface area contributed by atoms with Gasteiger partial charge in [-0.25, -0.2) is 0 Å². The molecule has 4 rings (SSSR count). The number of aryl methyl sites for hydroxylation is 2. The zero-order valence-corrected chi connectivity index (χ0v) is 15.4. The highest BCUT2D eigenvalue weighted by Gasteiger charge is 2.33. The van der Waals surface area contributed by atoms with Crippen LogP contribution in [-0.4, -0.2) is 27.2 Å².